The second kappa shape index (κ2) is 9.40. The number of aromatic nitrogens is 3. The standard InChI is InChI=1S/C24H24ClF3N6O3/c1-24(2,3)37-23(35)34-10-12-6-13(34)9-33(12)19-5-4-16-20(32-19)21(30-11-29-16)31-17-7-14(25)18(8-15(17)26)36-22(27)28/h4-5,7-8,11-13,22H,6,9-10H2,1-3H3,(H,29,30,31)/t12-,13-/m0/s1. The number of fused-ring (bicyclic) bond motifs is 3. The average molecular weight is 537 g/mol. The van der Waals surface area contributed by atoms with E-state index in [1.165, 1.54) is 6.33 Å². The largest absolute Gasteiger partial charge is 0.444 e. The molecule has 0 saturated carbocycles. The van der Waals surface area contributed by atoms with E-state index in [2.05, 4.69) is 24.9 Å². The Morgan fingerprint density at radius 1 is 1.19 bits per heavy atom. The van der Waals surface area contributed by atoms with E-state index in [0.717, 1.165) is 18.6 Å². The third kappa shape index (κ3) is 5.15. The van der Waals surface area contributed by atoms with Gasteiger partial charge in [-0.15, -0.1) is 0 Å². The summed E-state index contributed by atoms with van der Waals surface area (Å²) in [5.41, 5.74) is 0.245. The van der Waals surface area contributed by atoms with Gasteiger partial charge in [-0.3, -0.25) is 0 Å². The van der Waals surface area contributed by atoms with Gasteiger partial charge in [-0.25, -0.2) is 24.1 Å². The second-order valence-corrected chi connectivity index (χ2v) is 10.3. The normalized spacial score (nSPS) is 19.1. The smallest absolute Gasteiger partial charge is 0.410 e. The maximum absolute atomic E-state index is 14.6. The van der Waals surface area contributed by atoms with E-state index in [-0.39, 0.29) is 34.7 Å². The van der Waals surface area contributed by atoms with Gasteiger partial charge in [0.15, 0.2) is 5.82 Å². The van der Waals surface area contributed by atoms with Crippen molar-refractivity contribution < 1.29 is 27.4 Å². The van der Waals surface area contributed by atoms with Crippen molar-refractivity contribution in [3.8, 4) is 5.75 Å². The highest BCUT2D eigenvalue weighted by atomic mass is 35.5. The van der Waals surface area contributed by atoms with E-state index in [4.69, 9.17) is 21.3 Å². The molecule has 0 spiro atoms. The molecule has 9 nitrogen and oxygen atoms in total. The minimum absolute atomic E-state index is 0.00664. The molecule has 2 aliphatic heterocycles. The number of rotatable bonds is 5. The molecule has 2 bridgehead atoms. The lowest BCUT2D eigenvalue weighted by Gasteiger charge is -2.35. The highest BCUT2D eigenvalue weighted by Crippen LogP contribution is 2.37. The van der Waals surface area contributed by atoms with Crippen LogP contribution in [0.5, 0.6) is 5.75 Å². The van der Waals surface area contributed by atoms with Gasteiger partial charge < -0.3 is 24.6 Å². The van der Waals surface area contributed by atoms with E-state index >= 15 is 0 Å². The fourth-order valence-corrected chi connectivity index (χ4v) is 4.82. The second-order valence-electron chi connectivity index (χ2n) is 9.85. The highest BCUT2D eigenvalue weighted by molar-refractivity contribution is 6.32. The van der Waals surface area contributed by atoms with E-state index in [1.807, 2.05) is 26.8 Å². The zero-order chi connectivity index (χ0) is 26.5. The van der Waals surface area contributed by atoms with Crippen molar-refractivity contribution in [1.82, 2.24) is 19.9 Å². The summed E-state index contributed by atoms with van der Waals surface area (Å²) in [4.78, 5) is 29.6. The third-order valence-corrected chi connectivity index (χ3v) is 6.42. The van der Waals surface area contributed by atoms with Crippen LogP contribution in [0.3, 0.4) is 0 Å². The number of anilines is 3. The molecule has 37 heavy (non-hydrogen) atoms. The maximum atomic E-state index is 14.6. The molecule has 2 aromatic heterocycles. The van der Waals surface area contributed by atoms with Gasteiger partial charge in [-0.2, -0.15) is 8.78 Å². The van der Waals surface area contributed by atoms with Crippen LogP contribution in [0.2, 0.25) is 5.02 Å². The minimum atomic E-state index is -3.14. The van der Waals surface area contributed by atoms with Crippen LogP contribution in [0.1, 0.15) is 27.2 Å². The zero-order valence-electron chi connectivity index (χ0n) is 20.2. The van der Waals surface area contributed by atoms with E-state index in [1.54, 1.807) is 11.0 Å². The fourth-order valence-electron chi connectivity index (χ4n) is 4.61. The number of amides is 1. The summed E-state index contributed by atoms with van der Waals surface area (Å²) in [5.74, 6) is -0.454. The summed E-state index contributed by atoms with van der Waals surface area (Å²) in [6.45, 7) is 3.49. The van der Waals surface area contributed by atoms with Crippen molar-refractivity contribution in [3.63, 3.8) is 0 Å². The number of likely N-dealkylation sites (tertiary alicyclic amines) is 1. The number of hydrogen-bond acceptors (Lipinski definition) is 8. The number of ether oxygens (including phenoxy) is 2. The van der Waals surface area contributed by atoms with Gasteiger partial charge in [0.05, 0.1) is 28.3 Å². The lowest BCUT2D eigenvalue weighted by Crippen LogP contribution is -2.50. The SMILES string of the molecule is CC(C)(C)OC(=O)N1C[C@@H]2C[C@H]1CN2c1ccc2ncnc(Nc3cc(Cl)c(OC(F)F)cc3F)c2n1. The minimum Gasteiger partial charge on any atom is -0.444 e. The first-order chi connectivity index (χ1) is 17.5. The quantitative estimate of drug-likeness (QED) is 0.466. The number of benzene rings is 1. The van der Waals surface area contributed by atoms with Crippen LogP contribution in [0.4, 0.5) is 35.3 Å². The number of nitrogens with one attached hydrogen (secondary N) is 1. The van der Waals surface area contributed by atoms with Crippen molar-refractivity contribution in [1.29, 1.82) is 0 Å². The van der Waals surface area contributed by atoms with E-state index < -0.39 is 23.8 Å². The molecule has 13 heteroatoms. The van der Waals surface area contributed by atoms with Gasteiger partial charge in [0, 0.05) is 19.2 Å². The molecule has 1 aromatic carbocycles. The molecule has 196 valence electrons. The van der Waals surface area contributed by atoms with Crippen molar-refractivity contribution in [2.45, 2.75) is 51.5 Å². The Hall–Kier alpha value is -3.54. The molecule has 0 aliphatic carbocycles. The van der Waals surface area contributed by atoms with Crippen molar-refractivity contribution >= 4 is 46.1 Å². The van der Waals surface area contributed by atoms with Crippen molar-refractivity contribution in [3.05, 3.63) is 41.4 Å². The summed E-state index contributed by atoms with van der Waals surface area (Å²) in [7, 11) is 0. The number of hydrogen-bond donors (Lipinski definition) is 1. The van der Waals surface area contributed by atoms with Crippen LogP contribution in [0.15, 0.2) is 30.6 Å². The summed E-state index contributed by atoms with van der Waals surface area (Å²) in [6.07, 6.45) is 1.78. The Labute approximate surface area is 215 Å². The first kappa shape index (κ1) is 25.1. The Bertz CT molecular complexity index is 1360. The Balaban J connectivity index is 1.38. The molecule has 2 fully saturated rings. The molecule has 2 aliphatic rings. The maximum Gasteiger partial charge on any atom is 0.410 e. The third-order valence-electron chi connectivity index (χ3n) is 6.12. The van der Waals surface area contributed by atoms with Crippen LogP contribution in [0.25, 0.3) is 11.0 Å². The first-order valence-electron chi connectivity index (χ1n) is 11.6. The molecule has 5 rings (SSSR count). The van der Waals surface area contributed by atoms with Crippen molar-refractivity contribution in [2.24, 2.45) is 0 Å². The monoisotopic (exact) mass is 536 g/mol. The van der Waals surface area contributed by atoms with Crippen LogP contribution in [0, 0.1) is 5.82 Å². The molecule has 1 N–H and O–H groups in total. The van der Waals surface area contributed by atoms with E-state index in [9.17, 15) is 18.0 Å². The van der Waals surface area contributed by atoms with E-state index in [0.29, 0.717) is 29.9 Å². The lowest BCUT2D eigenvalue weighted by atomic mass is 10.2. The highest BCUT2D eigenvalue weighted by Gasteiger charge is 2.47. The first-order valence-corrected chi connectivity index (χ1v) is 11.9. The Morgan fingerprint density at radius 3 is 2.65 bits per heavy atom. The predicted octanol–water partition coefficient (Wildman–Crippen LogP) is 5.36. The molecule has 0 unspecified atom stereocenters. The van der Waals surface area contributed by atoms with Crippen LogP contribution in [-0.2, 0) is 4.74 Å². The number of pyridine rings is 1. The van der Waals surface area contributed by atoms with Crippen LogP contribution < -0.4 is 15.0 Å². The molecule has 1 amide bonds. The Kier molecular flexibility index (Phi) is 6.38. The average Bonchev–Trinajstić information content (AvgIpc) is 3.42. The molecule has 3 aromatic rings. The number of carbonyl (C=O) groups is 1. The summed E-state index contributed by atoms with van der Waals surface area (Å²) >= 11 is 5.99. The number of carbonyl (C=O) groups excluding carboxylic acids is 1. The molecule has 2 atom stereocenters. The van der Waals surface area contributed by atoms with Gasteiger partial charge in [0.2, 0.25) is 0 Å². The lowest BCUT2D eigenvalue weighted by molar-refractivity contribution is -0.0499. The zero-order valence-corrected chi connectivity index (χ0v) is 21.0. The van der Waals surface area contributed by atoms with Gasteiger partial charge in [0.25, 0.3) is 0 Å². The Morgan fingerprint density at radius 2 is 1.97 bits per heavy atom. The summed E-state index contributed by atoms with van der Waals surface area (Å²) in [5, 5.41) is 2.63. The topological polar surface area (TPSA) is 92.7 Å². The summed E-state index contributed by atoms with van der Waals surface area (Å²) < 4.78 is 49.5. The number of halogens is 4. The molecule has 4 heterocycles. The van der Waals surface area contributed by atoms with Crippen molar-refractivity contribution in [2.75, 3.05) is 23.3 Å². The molecular formula is C24H24ClF3N6O3. The number of piperazine rings is 1. The number of nitrogens with zero attached hydrogens (tertiary/aromatic N) is 5. The molecular weight excluding hydrogens is 513 g/mol. The van der Waals surface area contributed by atoms with Gasteiger partial charge in [-0.05, 0) is 45.4 Å². The van der Waals surface area contributed by atoms with Gasteiger partial charge in [0.1, 0.15) is 34.8 Å². The van der Waals surface area contributed by atoms with Crippen LogP contribution >= 0.6 is 11.6 Å². The predicted molar refractivity (Wildman–Crippen MR) is 131 cm³/mol. The fraction of sp³-hybridized carbons (Fsp3) is 0.417. The van der Waals surface area contributed by atoms with Gasteiger partial charge >= 0.3 is 12.7 Å². The van der Waals surface area contributed by atoms with Crippen LogP contribution in [-0.4, -0.2) is 63.3 Å². The molecule has 2 saturated heterocycles. The molecule has 0 radical (unpaired) electrons. The number of alkyl halides is 2. The summed E-state index contributed by atoms with van der Waals surface area (Å²) in [6, 6.07) is 5.61. The van der Waals surface area contributed by atoms with Gasteiger partial charge in [-0.1, -0.05) is 11.6 Å².